The number of benzene rings is 1. The minimum Gasteiger partial charge on any atom is -0.341 e. The zero-order chi connectivity index (χ0) is 18.6. The Hall–Kier alpha value is -2.68. The predicted octanol–water partition coefficient (Wildman–Crippen LogP) is 1.67. The molecule has 2 aromatic rings. The molecule has 138 valence electrons. The van der Waals surface area contributed by atoms with Crippen LogP contribution in [0.2, 0.25) is 0 Å². The van der Waals surface area contributed by atoms with Crippen LogP contribution in [-0.2, 0) is 9.84 Å². The highest BCUT2D eigenvalue weighted by Crippen LogP contribution is 2.16. The molecule has 1 aliphatic rings. The number of sulfone groups is 1. The molecule has 3 rings (SSSR count). The van der Waals surface area contributed by atoms with Crippen LogP contribution in [0, 0.1) is 0 Å². The number of piperidine rings is 1. The van der Waals surface area contributed by atoms with Crippen LogP contribution < -0.4 is 15.5 Å². The number of carbonyl (C=O) groups is 1. The molecular formula is C17H21N5O3S. The number of anilines is 2. The lowest BCUT2D eigenvalue weighted by molar-refractivity contribution is 0.246. The van der Waals surface area contributed by atoms with Gasteiger partial charge in [0.15, 0.2) is 9.84 Å². The predicted molar refractivity (Wildman–Crippen MR) is 99.0 cm³/mol. The van der Waals surface area contributed by atoms with Crippen molar-refractivity contribution in [2.75, 3.05) is 29.6 Å². The highest BCUT2D eigenvalue weighted by Gasteiger charge is 2.22. The fraction of sp³-hybridized carbons (Fsp3) is 0.353. The van der Waals surface area contributed by atoms with Crippen LogP contribution in [0.1, 0.15) is 12.8 Å². The Morgan fingerprint density at radius 2 is 1.73 bits per heavy atom. The van der Waals surface area contributed by atoms with E-state index in [-0.39, 0.29) is 17.0 Å². The van der Waals surface area contributed by atoms with E-state index in [4.69, 9.17) is 0 Å². The summed E-state index contributed by atoms with van der Waals surface area (Å²) in [6.07, 6.45) is 6.19. The zero-order valence-corrected chi connectivity index (χ0v) is 15.2. The van der Waals surface area contributed by atoms with E-state index in [1.165, 1.54) is 12.1 Å². The van der Waals surface area contributed by atoms with Crippen molar-refractivity contribution >= 4 is 27.5 Å². The van der Waals surface area contributed by atoms with Crippen LogP contribution >= 0.6 is 0 Å². The van der Waals surface area contributed by atoms with Gasteiger partial charge in [-0.05, 0) is 43.2 Å². The molecule has 2 heterocycles. The number of hydrogen-bond acceptors (Lipinski definition) is 6. The van der Waals surface area contributed by atoms with Crippen LogP contribution in [-0.4, -0.2) is 49.8 Å². The molecule has 0 aliphatic carbocycles. The normalized spacial score (nSPS) is 15.5. The second kappa shape index (κ2) is 7.69. The number of carbonyl (C=O) groups excluding carboxylic acids is 1. The lowest BCUT2D eigenvalue weighted by Gasteiger charge is -2.32. The Kier molecular flexibility index (Phi) is 5.36. The quantitative estimate of drug-likeness (QED) is 0.842. The van der Waals surface area contributed by atoms with Gasteiger partial charge >= 0.3 is 6.03 Å². The summed E-state index contributed by atoms with van der Waals surface area (Å²) < 4.78 is 22.9. The molecule has 0 unspecified atom stereocenters. The van der Waals surface area contributed by atoms with Crippen molar-refractivity contribution in [2.24, 2.45) is 0 Å². The summed E-state index contributed by atoms with van der Waals surface area (Å²) in [5, 5.41) is 5.68. The van der Waals surface area contributed by atoms with Gasteiger partial charge in [0.25, 0.3) is 0 Å². The van der Waals surface area contributed by atoms with Crippen LogP contribution in [0.3, 0.4) is 0 Å². The molecule has 9 heteroatoms. The highest BCUT2D eigenvalue weighted by atomic mass is 32.2. The third kappa shape index (κ3) is 4.69. The summed E-state index contributed by atoms with van der Waals surface area (Å²) in [7, 11) is -3.24. The molecule has 1 aromatic carbocycles. The van der Waals surface area contributed by atoms with Crippen molar-refractivity contribution in [3.63, 3.8) is 0 Å². The smallest absolute Gasteiger partial charge is 0.319 e. The van der Waals surface area contributed by atoms with Gasteiger partial charge in [0.05, 0.1) is 4.90 Å². The highest BCUT2D eigenvalue weighted by molar-refractivity contribution is 7.90. The number of nitrogens with one attached hydrogen (secondary N) is 2. The largest absolute Gasteiger partial charge is 0.341 e. The Bertz CT molecular complexity index is 848. The number of nitrogens with zero attached hydrogens (tertiary/aromatic N) is 3. The van der Waals surface area contributed by atoms with E-state index >= 15 is 0 Å². The van der Waals surface area contributed by atoms with Crippen LogP contribution in [0.25, 0.3) is 0 Å². The SMILES string of the molecule is CS(=O)(=O)c1ccc(NC(=O)NC2CCN(c3ncccn3)CC2)cc1. The molecule has 0 radical (unpaired) electrons. The second-order valence-electron chi connectivity index (χ2n) is 6.21. The monoisotopic (exact) mass is 375 g/mol. The molecule has 1 aromatic heterocycles. The van der Waals surface area contributed by atoms with E-state index in [1.54, 1.807) is 30.6 Å². The molecule has 0 atom stereocenters. The fourth-order valence-corrected chi connectivity index (χ4v) is 3.45. The number of amides is 2. The number of rotatable bonds is 4. The van der Waals surface area contributed by atoms with E-state index in [2.05, 4.69) is 25.5 Å². The first kappa shape index (κ1) is 18.1. The second-order valence-corrected chi connectivity index (χ2v) is 8.22. The van der Waals surface area contributed by atoms with Gasteiger partial charge < -0.3 is 15.5 Å². The maximum Gasteiger partial charge on any atom is 0.319 e. The molecule has 1 fully saturated rings. The molecule has 1 aliphatic heterocycles. The third-order valence-electron chi connectivity index (χ3n) is 4.21. The van der Waals surface area contributed by atoms with Gasteiger partial charge in [-0.25, -0.2) is 23.2 Å². The number of aromatic nitrogens is 2. The summed E-state index contributed by atoms with van der Waals surface area (Å²) in [6, 6.07) is 7.66. The Morgan fingerprint density at radius 3 is 2.31 bits per heavy atom. The molecular weight excluding hydrogens is 354 g/mol. The van der Waals surface area contributed by atoms with Gasteiger partial charge in [-0.2, -0.15) is 0 Å². The Labute approximate surface area is 152 Å². The Morgan fingerprint density at radius 1 is 1.12 bits per heavy atom. The molecule has 2 amide bonds. The summed E-state index contributed by atoms with van der Waals surface area (Å²) >= 11 is 0. The van der Waals surface area contributed by atoms with E-state index in [0.717, 1.165) is 32.2 Å². The van der Waals surface area contributed by atoms with Gasteiger partial charge in [0.1, 0.15) is 0 Å². The molecule has 0 spiro atoms. The minimum absolute atomic E-state index is 0.0743. The maximum absolute atomic E-state index is 12.1. The van der Waals surface area contributed by atoms with E-state index < -0.39 is 9.84 Å². The number of hydrogen-bond donors (Lipinski definition) is 2. The van der Waals surface area contributed by atoms with Crippen molar-refractivity contribution in [1.82, 2.24) is 15.3 Å². The van der Waals surface area contributed by atoms with Gasteiger partial charge in [0.2, 0.25) is 5.95 Å². The molecule has 2 N–H and O–H groups in total. The van der Waals surface area contributed by atoms with Crippen molar-refractivity contribution in [1.29, 1.82) is 0 Å². The summed E-state index contributed by atoms with van der Waals surface area (Å²) in [5.41, 5.74) is 0.546. The van der Waals surface area contributed by atoms with Crippen LogP contribution in [0.15, 0.2) is 47.6 Å². The van der Waals surface area contributed by atoms with Crippen LogP contribution in [0.4, 0.5) is 16.4 Å². The maximum atomic E-state index is 12.1. The average Bonchev–Trinajstić information content (AvgIpc) is 2.63. The molecule has 26 heavy (non-hydrogen) atoms. The summed E-state index contributed by atoms with van der Waals surface area (Å²) in [4.78, 5) is 22.9. The minimum atomic E-state index is -3.24. The van der Waals surface area contributed by atoms with Crippen molar-refractivity contribution < 1.29 is 13.2 Å². The lowest BCUT2D eigenvalue weighted by atomic mass is 10.1. The van der Waals surface area contributed by atoms with Crippen molar-refractivity contribution in [3.8, 4) is 0 Å². The van der Waals surface area contributed by atoms with E-state index in [9.17, 15) is 13.2 Å². The molecule has 0 bridgehead atoms. The molecule has 1 saturated heterocycles. The van der Waals surface area contributed by atoms with Crippen molar-refractivity contribution in [3.05, 3.63) is 42.7 Å². The first-order chi connectivity index (χ1) is 12.4. The third-order valence-corrected chi connectivity index (χ3v) is 5.33. The zero-order valence-electron chi connectivity index (χ0n) is 14.4. The van der Waals surface area contributed by atoms with E-state index in [0.29, 0.717) is 11.6 Å². The van der Waals surface area contributed by atoms with Gasteiger partial charge in [-0.3, -0.25) is 0 Å². The summed E-state index contributed by atoms with van der Waals surface area (Å²) in [5.74, 6) is 0.710. The summed E-state index contributed by atoms with van der Waals surface area (Å²) in [6.45, 7) is 1.55. The van der Waals surface area contributed by atoms with Gasteiger partial charge in [-0.1, -0.05) is 0 Å². The number of urea groups is 1. The first-order valence-electron chi connectivity index (χ1n) is 8.31. The van der Waals surface area contributed by atoms with E-state index in [1.807, 2.05) is 0 Å². The van der Waals surface area contributed by atoms with Gasteiger partial charge in [-0.15, -0.1) is 0 Å². The standard InChI is InChI=1S/C17H21N5O3S/c1-26(24,25)15-5-3-13(4-6-15)20-17(23)21-14-7-11-22(12-8-14)16-18-9-2-10-19-16/h2-6,9-10,14H,7-8,11-12H2,1H3,(H2,20,21,23). The fourth-order valence-electron chi connectivity index (χ4n) is 2.82. The lowest BCUT2D eigenvalue weighted by Crippen LogP contribution is -2.46. The topological polar surface area (TPSA) is 104 Å². The Balaban J connectivity index is 1.49. The van der Waals surface area contributed by atoms with Crippen LogP contribution in [0.5, 0.6) is 0 Å². The molecule has 8 nitrogen and oxygen atoms in total. The molecule has 0 saturated carbocycles. The van der Waals surface area contributed by atoms with Gasteiger partial charge in [0, 0.05) is 43.5 Å². The van der Waals surface area contributed by atoms with Crippen molar-refractivity contribution in [2.45, 2.75) is 23.8 Å². The average molecular weight is 375 g/mol. The first-order valence-corrected chi connectivity index (χ1v) is 10.2.